The molecule has 1 aromatic heterocycles. The van der Waals surface area contributed by atoms with Crippen molar-refractivity contribution < 1.29 is 22.7 Å². The predicted octanol–water partition coefficient (Wildman–Crippen LogP) is 3.28. The van der Waals surface area contributed by atoms with Crippen LogP contribution < -0.4 is 5.32 Å². The van der Waals surface area contributed by atoms with Crippen molar-refractivity contribution in [3.05, 3.63) is 52.2 Å². The van der Waals surface area contributed by atoms with Gasteiger partial charge in [-0.2, -0.15) is 0 Å². The third kappa shape index (κ3) is 7.32. The van der Waals surface area contributed by atoms with Crippen LogP contribution in [-0.4, -0.2) is 76.2 Å². The van der Waals surface area contributed by atoms with Gasteiger partial charge in [0.2, 0.25) is 11.8 Å². The summed E-state index contributed by atoms with van der Waals surface area (Å²) in [5.74, 6) is 0.105. The summed E-state index contributed by atoms with van der Waals surface area (Å²) in [6.45, 7) is 3.89. The number of halogens is 1. The number of hydrogen-bond donors (Lipinski definition) is 1. The molecule has 1 spiro atoms. The number of nitrogens with one attached hydrogen (secondary N) is 1. The molecule has 0 bridgehead atoms. The summed E-state index contributed by atoms with van der Waals surface area (Å²) < 4.78 is 28.4. The van der Waals surface area contributed by atoms with Gasteiger partial charge < -0.3 is 19.9 Å². The predicted molar refractivity (Wildman–Crippen MR) is 147 cm³/mol. The Morgan fingerprint density at radius 2 is 1.81 bits per heavy atom. The van der Waals surface area contributed by atoms with E-state index in [1.54, 1.807) is 35.6 Å². The number of ether oxygens (including phenoxy) is 1. The first-order valence-electron chi connectivity index (χ1n) is 12.3. The zero-order valence-corrected chi connectivity index (χ0v) is 23.8. The highest BCUT2D eigenvalue weighted by Gasteiger charge is 2.47. The molecule has 4 rings (SSSR count). The summed E-state index contributed by atoms with van der Waals surface area (Å²) in [5, 5.41) is 5.10. The van der Waals surface area contributed by atoms with Crippen LogP contribution in [0.15, 0.2) is 46.7 Å². The highest BCUT2D eigenvalue weighted by molar-refractivity contribution is 7.90. The van der Waals surface area contributed by atoms with Crippen molar-refractivity contribution >= 4 is 45.4 Å². The van der Waals surface area contributed by atoms with Gasteiger partial charge in [0.05, 0.1) is 16.4 Å². The maximum Gasteiger partial charge on any atom is 0.246 e. The van der Waals surface area contributed by atoms with Crippen molar-refractivity contribution in [3.63, 3.8) is 0 Å². The van der Waals surface area contributed by atoms with E-state index in [2.05, 4.69) is 10.2 Å². The van der Waals surface area contributed by atoms with E-state index in [9.17, 15) is 18.0 Å². The van der Waals surface area contributed by atoms with Crippen molar-refractivity contribution in [1.29, 1.82) is 0 Å². The van der Waals surface area contributed by atoms with Crippen LogP contribution in [0.2, 0.25) is 0 Å². The summed E-state index contributed by atoms with van der Waals surface area (Å²) in [5.41, 5.74) is 0.656. The van der Waals surface area contributed by atoms with Crippen LogP contribution in [0.4, 0.5) is 0 Å². The molecule has 1 N–H and O–H groups in total. The molecule has 8 nitrogen and oxygen atoms in total. The van der Waals surface area contributed by atoms with Gasteiger partial charge in [-0.3, -0.25) is 9.59 Å². The number of rotatable bonds is 10. The van der Waals surface area contributed by atoms with Crippen molar-refractivity contribution in [2.45, 2.75) is 43.2 Å². The second kappa shape index (κ2) is 12.7. The minimum Gasteiger partial charge on any atom is -0.375 e. The van der Waals surface area contributed by atoms with Gasteiger partial charge in [-0.1, -0.05) is 18.2 Å². The standard InChI is InChI=1S/C26H35N3O5S2.ClH/c1-34-19-24(30)27-22(23-4-3-17-35-23)9-13-28-14-10-26(11-15-28)12-16-29(25(26)31)18-20-5-7-21(8-6-20)36(2,32)33;/h3-8,17,22H,9-16,18-19H2,1-2H3,(H,27,30);1H. The number of piperidine rings is 1. The van der Waals surface area contributed by atoms with Gasteiger partial charge in [-0.05, 0) is 67.9 Å². The van der Waals surface area contributed by atoms with Crippen molar-refractivity contribution in [1.82, 2.24) is 15.1 Å². The Morgan fingerprint density at radius 1 is 1.14 bits per heavy atom. The third-order valence-corrected chi connectivity index (χ3v) is 9.49. The van der Waals surface area contributed by atoms with Gasteiger partial charge in [0.1, 0.15) is 6.61 Å². The van der Waals surface area contributed by atoms with E-state index in [1.165, 1.54) is 13.4 Å². The number of nitrogens with zero attached hydrogens (tertiary/aromatic N) is 2. The lowest BCUT2D eigenvalue weighted by molar-refractivity contribution is -0.139. The lowest BCUT2D eigenvalue weighted by atomic mass is 9.77. The van der Waals surface area contributed by atoms with E-state index >= 15 is 0 Å². The molecule has 2 aromatic rings. The molecule has 1 unspecified atom stereocenters. The molecule has 1 aromatic carbocycles. The van der Waals surface area contributed by atoms with Crippen LogP contribution in [0, 0.1) is 5.41 Å². The molecule has 3 heterocycles. The molecule has 2 saturated heterocycles. The molecular weight excluding hydrogens is 534 g/mol. The molecule has 0 radical (unpaired) electrons. The number of methoxy groups -OCH3 is 1. The van der Waals surface area contributed by atoms with Gasteiger partial charge >= 0.3 is 0 Å². The molecule has 1 atom stereocenters. The Balaban J connectivity index is 0.00000380. The smallest absolute Gasteiger partial charge is 0.246 e. The Bertz CT molecular complexity index is 1150. The van der Waals surface area contributed by atoms with Gasteiger partial charge in [0, 0.05) is 37.9 Å². The van der Waals surface area contributed by atoms with E-state index in [4.69, 9.17) is 4.74 Å². The topological polar surface area (TPSA) is 96.0 Å². The fourth-order valence-electron chi connectivity index (χ4n) is 5.23. The lowest BCUT2D eigenvalue weighted by Gasteiger charge is -2.38. The quantitative estimate of drug-likeness (QED) is 0.472. The molecule has 2 aliphatic rings. The zero-order chi connectivity index (χ0) is 25.8. The Labute approximate surface area is 229 Å². The fourth-order valence-corrected chi connectivity index (χ4v) is 6.67. The molecule has 2 aliphatic heterocycles. The zero-order valence-electron chi connectivity index (χ0n) is 21.4. The first-order valence-corrected chi connectivity index (χ1v) is 15.1. The van der Waals surface area contributed by atoms with Gasteiger partial charge in [0.25, 0.3) is 0 Å². The van der Waals surface area contributed by atoms with Crippen LogP contribution in [0.3, 0.4) is 0 Å². The molecule has 2 amide bonds. The van der Waals surface area contributed by atoms with Crippen LogP contribution in [0.5, 0.6) is 0 Å². The highest BCUT2D eigenvalue weighted by atomic mass is 35.5. The number of benzene rings is 1. The Kier molecular flexibility index (Phi) is 10.2. The largest absolute Gasteiger partial charge is 0.375 e. The van der Waals surface area contributed by atoms with Gasteiger partial charge in [0.15, 0.2) is 9.84 Å². The Morgan fingerprint density at radius 3 is 2.41 bits per heavy atom. The van der Waals surface area contributed by atoms with Crippen LogP contribution >= 0.6 is 23.7 Å². The SMILES string of the molecule is COCC(=O)NC(CCN1CCC2(CC1)CCN(Cc1ccc(S(C)(=O)=O)cc1)C2=O)c1cccs1.Cl. The van der Waals surface area contributed by atoms with E-state index in [0.29, 0.717) is 11.4 Å². The molecular formula is C26H36ClN3O5S2. The van der Waals surface area contributed by atoms with E-state index < -0.39 is 9.84 Å². The number of likely N-dealkylation sites (tertiary alicyclic amines) is 2. The van der Waals surface area contributed by atoms with Gasteiger partial charge in [-0.25, -0.2) is 8.42 Å². The number of hydrogen-bond acceptors (Lipinski definition) is 7. The van der Waals surface area contributed by atoms with Gasteiger partial charge in [-0.15, -0.1) is 23.7 Å². The first kappa shape index (κ1) is 29.6. The molecule has 204 valence electrons. The maximum atomic E-state index is 13.4. The maximum absolute atomic E-state index is 13.4. The summed E-state index contributed by atoms with van der Waals surface area (Å²) in [6, 6.07) is 10.8. The second-order valence-electron chi connectivity index (χ2n) is 9.87. The van der Waals surface area contributed by atoms with Crippen molar-refractivity contribution in [2.24, 2.45) is 5.41 Å². The van der Waals surface area contributed by atoms with E-state index in [-0.39, 0.29) is 42.3 Å². The Hall–Kier alpha value is -1.98. The van der Waals surface area contributed by atoms with Crippen LogP contribution in [-0.2, 0) is 30.7 Å². The fraction of sp³-hybridized carbons (Fsp3) is 0.538. The molecule has 2 fully saturated rings. The van der Waals surface area contributed by atoms with Crippen LogP contribution in [0.1, 0.15) is 42.2 Å². The van der Waals surface area contributed by atoms with Crippen molar-refractivity contribution in [3.8, 4) is 0 Å². The first-order chi connectivity index (χ1) is 17.2. The minimum atomic E-state index is -3.23. The second-order valence-corrected chi connectivity index (χ2v) is 12.9. The van der Waals surface area contributed by atoms with Crippen LogP contribution in [0.25, 0.3) is 0 Å². The minimum absolute atomic E-state index is 0. The average Bonchev–Trinajstić information content (AvgIpc) is 3.48. The third-order valence-electron chi connectivity index (χ3n) is 7.37. The number of carbonyl (C=O) groups is 2. The lowest BCUT2D eigenvalue weighted by Crippen LogP contribution is -2.45. The highest BCUT2D eigenvalue weighted by Crippen LogP contribution is 2.42. The van der Waals surface area contributed by atoms with E-state index in [0.717, 1.165) is 62.3 Å². The molecule has 11 heteroatoms. The number of amides is 2. The summed E-state index contributed by atoms with van der Waals surface area (Å²) in [4.78, 5) is 31.2. The normalized spacial score (nSPS) is 18.5. The molecule has 0 saturated carbocycles. The molecule has 37 heavy (non-hydrogen) atoms. The summed E-state index contributed by atoms with van der Waals surface area (Å²) >= 11 is 1.64. The number of sulfone groups is 1. The number of carbonyl (C=O) groups excluding carboxylic acids is 2. The summed E-state index contributed by atoms with van der Waals surface area (Å²) in [6.07, 6.45) is 4.56. The monoisotopic (exact) mass is 569 g/mol. The average molecular weight is 570 g/mol. The molecule has 0 aliphatic carbocycles. The van der Waals surface area contributed by atoms with E-state index in [1.807, 2.05) is 22.4 Å². The van der Waals surface area contributed by atoms with Crippen molar-refractivity contribution in [2.75, 3.05) is 46.2 Å². The summed E-state index contributed by atoms with van der Waals surface area (Å²) in [7, 11) is -1.71. The number of thiophene rings is 1.